The quantitative estimate of drug-likeness (QED) is 0.413. The number of rotatable bonds is 6. The molecule has 3 aromatic rings. The molecule has 4 heteroatoms. The Morgan fingerprint density at radius 2 is 1.78 bits per heavy atom. The first-order chi connectivity index (χ1) is 15.6. The van der Waals surface area contributed by atoms with Crippen LogP contribution < -0.4 is 0 Å². The Bertz CT molecular complexity index is 1080. The third-order valence-electron chi connectivity index (χ3n) is 7.29. The summed E-state index contributed by atoms with van der Waals surface area (Å²) in [6.45, 7) is 3.13. The van der Waals surface area contributed by atoms with Crippen molar-refractivity contribution in [1.29, 1.82) is 0 Å². The van der Waals surface area contributed by atoms with Crippen LogP contribution in [0.25, 0.3) is 17.1 Å². The van der Waals surface area contributed by atoms with Crippen LogP contribution in [0, 0.1) is 11.8 Å². The molecule has 1 aliphatic carbocycles. The first-order valence-electron chi connectivity index (χ1n) is 12.2. The number of hydrogen-bond acceptors (Lipinski definition) is 2. The molecule has 0 amide bonds. The van der Waals surface area contributed by atoms with Gasteiger partial charge >= 0.3 is 0 Å². The average molecular weight is 448 g/mol. The number of nitrogens with zero attached hydrogens (tertiary/aromatic N) is 3. The molecule has 1 saturated carbocycles. The average Bonchev–Trinajstić information content (AvgIpc) is 3.37. The highest BCUT2D eigenvalue weighted by atomic mass is 35.5. The molecule has 0 bridgehead atoms. The van der Waals surface area contributed by atoms with E-state index in [0.717, 1.165) is 35.4 Å². The van der Waals surface area contributed by atoms with Crippen molar-refractivity contribution >= 4 is 28.7 Å². The van der Waals surface area contributed by atoms with E-state index in [0.29, 0.717) is 5.92 Å². The Kier molecular flexibility index (Phi) is 6.66. The van der Waals surface area contributed by atoms with Crippen LogP contribution in [-0.2, 0) is 13.0 Å². The highest BCUT2D eigenvalue weighted by Gasteiger charge is 2.18. The van der Waals surface area contributed by atoms with Gasteiger partial charge in [-0.05, 0) is 79.7 Å². The van der Waals surface area contributed by atoms with Crippen LogP contribution >= 0.6 is 11.6 Å². The lowest BCUT2D eigenvalue weighted by Crippen LogP contribution is -2.13. The van der Waals surface area contributed by atoms with Crippen LogP contribution in [0.5, 0.6) is 0 Å². The van der Waals surface area contributed by atoms with E-state index < -0.39 is 0 Å². The lowest BCUT2D eigenvalue weighted by Gasteiger charge is -2.21. The summed E-state index contributed by atoms with van der Waals surface area (Å²) in [5, 5.41) is 0.780. The topological polar surface area (TPSA) is 21.1 Å². The highest BCUT2D eigenvalue weighted by molar-refractivity contribution is 6.30. The van der Waals surface area contributed by atoms with Crippen LogP contribution in [0.3, 0.4) is 0 Å². The Balaban J connectivity index is 1.45. The van der Waals surface area contributed by atoms with Crippen molar-refractivity contribution in [3.8, 4) is 0 Å². The molecular weight excluding hydrogens is 414 g/mol. The van der Waals surface area contributed by atoms with Gasteiger partial charge in [-0.1, -0.05) is 68.0 Å². The number of aromatic nitrogens is 2. The predicted octanol–water partition coefficient (Wildman–Crippen LogP) is 6.83. The van der Waals surface area contributed by atoms with E-state index in [1.807, 2.05) is 12.1 Å². The summed E-state index contributed by atoms with van der Waals surface area (Å²) in [4.78, 5) is 7.50. The molecule has 3 nitrogen and oxygen atoms in total. The van der Waals surface area contributed by atoms with Crippen LogP contribution in [0.4, 0.5) is 0 Å². The van der Waals surface area contributed by atoms with E-state index in [1.165, 1.54) is 68.1 Å². The number of halogens is 1. The molecule has 1 saturated heterocycles. The highest BCUT2D eigenvalue weighted by Crippen LogP contribution is 2.29. The minimum absolute atomic E-state index is 0.616. The van der Waals surface area contributed by atoms with Crippen LogP contribution in [0.15, 0.2) is 48.5 Å². The number of imidazole rings is 1. The van der Waals surface area contributed by atoms with E-state index in [2.05, 4.69) is 59.0 Å². The van der Waals surface area contributed by atoms with Gasteiger partial charge in [0.2, 0.25) is 0 Å². The summed E-state index contributed by atoms with van der Waals surface area (Å²) in [7, 11) is 2.21. The van der Waals surface area contributed by atoms with E-state index in [-0.39, 0.29) is 0 Å². The first-order valence-corrected chi connectivity index (χ1v) is 12.6. The Labute approximate surface area is 197 Å². The maximum atomic E-state index is 6.12. The first kappa shape index (κ1) is 21.7. The molecule has 0 N–H and O–H groups in total. The van der Waals surface area contributed by atoms with Gasteiger partial charge in [0, 0.05) is 18.1 Å². The number of likely N-dealkylation sites (tertiary alicyclic amines) is 1. The number of fused-ring (bicyclic) bond motifs is 1. The lowest BCUT2D eigenvalue weighted by molar-refractivity contribution is 0.357. The van der Waals surface area contributed by atoms with Gasteiger partial charge < -0.3 is 9.47 Å². The summed E-state index contributed by atoms with van der Waals surface area (Å²) >= 11 is 6.12. The Morgan fingerprint density at radius 3 is 2.53 bits per heavy atom. The third kappa shape index (κ3) is 5.10. The molecule has 2 aromatic carbocycles. The van der Waals surface area contributed by atoms with E-state index in [1.54, 1.807) is 0 Å². The predicted molar refractivity (Wildman–Crippen MR) is 135 cm³/mol. The normalized spacial score (nSPS) is 20.6. The zero-order valence-electron chi connectivity index (χ0n) is 19.1. The number of benzene rings is 2. The van der Waals surface area contributed by atoms with Gasteiger partial charge in [-0.3, -0.25) is 0 Å². The maximum absolute atomic E-state index is 6.12. The fourth-order valence-electron chi connectivity index (χ4n) is 5.46. The zero-order valence-corrected chi connectivity index (χ0v) is 19.9. The molecule has 2 fully saturated rings. The van der Waals surface area contributed by atoms with E-state index in [4.69, 9.17) is 16.6 Å². The molecule has 5 rings (SSSR count). The molecule has 2 aliphatic rings. The van der Waals surface area contributed by atoms with Gasteiger partial charge in [0.25, 0.3) is 0 Å². The zero-order chi connectivity index (χ0) is 21.9. The monoisotopic (exact) mass is 447 g/mol. The fourth-order valence-corrected chi connectivity index (χ4v) is 5.59. The largest absolute Gasteiger partial charge is 0.320 e. The second-order valence-corrected chi connectivity index (χ2v) is 10.3. The van der Waals surface area contributed by atoms with E-state index in [9.17, 15) is 0 Å². The second-order valence-electron chi connectivity index (χ2n) is 9.88. The van der Waals surface area contributed by atoms with Crippen LogP contribution in [0.2, 0.25) is 5.02 Å². The van der Waals surface area contributed by atoms with Crippen molar-refractivity contribution in [1.82, 2.24) is 14.5 Å². The van der Waals surface area contributed by atoms with Crippen LogP contribution in [0.1, 0.15) is 55.5 Å². The van der Waals surface area contributed by atoms with E-state index >= 15 is 0 Å². The molecular formula is C28H34ClN3. The maximum Gasteiger partial charge on any atom is 0.133 e. The Hall–Kier alpha value is -2.10. The van der Waals surface area contributed by atoms with Gasteiger partial charge in [0.1, 0.15) is 5.82 Å². The van der Waals surface area contributed by atoms with Gasteiger partial charge in [-0.25, -0.2) is 4.98 Å². The van der Waals surface area contributed by atoms with Crippen molar-refractivity contribution in [3.63, 3.8) is 0 Å². The smallest absolute Gasteiger partial charge is 0.133 e. The molecule has 1 unspecified atom stereocenters. The summed E-state index contributed by atoms with van der Waals surface area (Å²) in [5.74, 6) is 2.51. The van der Waals surface area contributed by atoms with Gasteiger partial charge in [-0.2, -0.15) is 0 Å². The van der Waals surface area contributed by atoms with Crippen molar-refractivity contribution in [2.75, 3.05) is 20.1 Å². The summed E-state index contributed by atoms with van der Waals surface area (Å²) < 4.78 is 2.36. The summed E-state index contributed by atoms with van der Waals surface area (Å²) in [6.07, 6.45) is 14.0. The lowest BCUT2D eigenvalue weighted by atomic mass is 9.85. The van der Waals surface area contributed by atoms with Crippen molar-refractivity contribution in [3.05, 3.63) is 70.5 Å². The van der Waals surface area contributed by atoms with Gasteiger partial charge in [0.05, 0.1) is 11.0 Å². The minimum atomic E-state index is 0.616. The fraction of sp³-hybridized carbons (Fsp3) is 0.464. The Morgan fingerprint density at radius 1 is 1.00 bits per heavy atom. The molecule has 0 radical (unpaired) electrons. The summed E-state index contributed by atoms with van der Waals surface area (Å²) in [5.41, 5.74) is 5.02. The van der Waals surface area contributed by atoms with Crippen molar-refractivity contribution in [2.24, 2.45) is 11.8 Å². The summed E-state index contributed by atoms with van der Waals surface area (Å²) in [6, 6.07) is 15.1. The number of hydrogen-bond donors (Lipinski definition) is 0. The van der Waals surface area contributed by atoms with Gasteiger partial charge in [-0.15, -0.1) is 0 Å². The second kappa shape index (κ2) is 9.80. The SMILES string of the molecule is CN1CCC(/C=C/c2nc3cc(CC4CCCCC4)ccc3n2Cc2ccc(Cl)cc2)C1. The third-order valence-corrected chi connectivity index (χ3v) is 7.54. The van der Waals surface area contributed by atoms with Crippen molar-refractivity contribution < 1.29 is 0 Å². The molecule has 0 spiro atoms. The molecule has 32 heavy (non-hydrogen) atoms. The van der Waals surface area contributed by atoms with Crippen molar-refractivity contribution in [2.45, 2.75) is 51.5 Å². The molecule has 1 aromatic heterocycles. The molecule has 1 atom stereocenters. The standard InChI is InChI=1S/C28H34ClN3/c1-31-16-15-23(19-31)10-14-28-30-26-18-24(17-21-5-3-2-4-6-21)9-13-27(26)32(28)20-22-7-11-25(29)12-8-22/h7-14,18,21,23H,2-6,15-17,19-20H2,1H3/b14-10+. The molecule has 2 heterocycles. The van der Waals surface area contributed by atoms with Crippen LogP contribution in [-0.4, -0.2) is 34.6 Å². The minimum Gasteiger partial charge on any atom is -0.320 e. The molecule has 168 valence electrons. The van der Waals surface area contributed by atoms with Gasteiger partial charge in [0.15, 0.2) is 0 Å². The molecule has 1 aliphatic heterocycles.